The number of aromatic hydroxyl groups is 1. The Kier molecular flexibility index (Phi) is 7.26. The predicted molar refractivity (Wildman–Crippen MR) is 111 cm³/mol. The van der Waals surface area contributed by atoms with Crippen LogP contribution < -0.4 is 16.0 Å². The quantitative estimate of drug-likeness (QED) is 0.185. The minimum Gasteiger partial charge on any atom is -0.604 e. The first-order valence-corrected chi connectivity index (χ1v) is 10.3. The third-order valence-corrected chi connectivity index (χ3v) is 5.63. The number of carbonyl (C=O) groups is 5. The van der Waals surface area contributed by atoms with Crippen molar-refractivity contribution in [1.29, 1.82) is 0 Å². The van der Waals surface area contributed by atoms with Crippen LogP contribution in [0.5, 0.6) is 5.75 Å². The van der Waals surface area contributed by atoms with Gasteiger partial charge in [-0.25, -0.2) is 4.76 Å². The zero-order valence-corrected chi connectivity index (χ0v) is 17.6. The normalized spacial score (nSPS) is 25.8. The lowest BCUT2D eigenvalue weighted by Gasteiger charge is -2.55. The van der Waals surface area contributed by atoms with Crippen LogP contribution in [0.1, 0.15) is 29.6 Å². The molecule has 0 aromatic heterocycles. The highest BCUT2D eigenvalue weighted by molar-refractivity contribution is 5.94. The van der Waals surface area contributed by atoms with Crippen molar-refractivity contribution in [3.8, 4) is 5.75 Å². The van der Waals surface area contributed by atoms with Gasteiger partial charge in [0, 0.05) is 24.9 Å². The number of phenols is 1. The lowest BCUT2D eigenvalue weighted by atomic mass is 10.1. The number of amides is 3. The lowest BCUT2D eigenvalue weighted by Crippen LogP contribution is -2.72. The summed E-state index contributed by atoms with van der Waals surface area (Å²) in [5.41, 5.74) is 0.201. The van der Waals surface area contributed by atoms with Gasteiger partial charge < -0.3 is 30.8 Å². The van der Waals surface area contributed by atoms with Crippen LogP contribution in [0, 0.1) is 11.1 Å². The number of fused-ring (bicyclic) bond motifs is 1. The molecule has 0 bridgehead atoms. The Labute approximate surface area is 188 Å². The molecule has 3 rings (SSSR count). The van der Waals surface area contributed by atoms with Crippen LogP contribution in [-0.4, -0.2) is 81.9 Å². The number of aliphatic carboxylic acids is 1. The number of rotatable bonds is 7. The molecule has 0 spiro atoms. The van der Waals surface area contributed by atoms with Crippen molar-refractivity contribution in [1.82, 2.24) is 21.0 Å². The first-order valence-electron chi connectivity index (χ1n) is 10.3. The van der Waals surface area contributed by atoms with E-state index in [0.29, 0.717) is 6.29 Å². The fourth-order valence-electron chi connectivity index (χ4n) is 3.92. The van der Waals surface area contributed by atoms with Gasteiger partial charge in [0.1, 0.15) is 31.2 Å². The molecule has 3 amide bonds. The molecule has 0 aliphatic carbocycles. The lowest BCUT2D eigenvalue weighted by molar-refractivity contribution is -1.01. The third kappa shape index (κ3) is 5.45. The average Bonchev–Trinajstić information content (AvgIpc) is 2.95. The number of phenolic OH excluding ortho intramolecular Hbond substituents is 1. The molecule has 178 valence electrons. The number of nitrogens with zero attached hydrogens (tertiary/aromatic N) is 2. The Bertz CT molecular complexity index is 939. The first-order chi connectivity index (χ1) is 15.6. The molecule has 13 heteroatoms. The summed E-state index contributed by atoms with van der Waals surface area (Å²) in [4.78, 5) is 59.8. The van der Waals surface area contributed by atoms with Gasteiger partial charge in [0.05, 0.1) is 12.5 Å². The van der Waals surface area contributed by atoms with Gasteiger partial charge in [-0.2, -0.15) is 5.01 Å². The van der Waals surface area contributed by atoms with Gasteiger partial charge in [0.25, 0.3) is 11.8 Å². The summed E-state index contributed by atoms with van der Waals surface area (Å²) in [5.74, 6) is -4.03. The standard InChI is InChI=1S/C20H25N5O8/c26-10-14(7-18(29)30)22-20(32)13-8-21-11-24-17(28)6-5-16(25(24,33)9-13)23-19(31)12-1-3-15(27)4-2-12/h1-4,10,13-14,16,21,27H,5-9,11H2,(H,22,32)(H,23,31)(H,29,30). The molecule has 0 saturated carbocycles. The summed E-state index contributed by atoms with van der Waals surface area (Å²) < 4.78 is -1.31. The Balaban J connectivity index is 1.79. The molecule has 4 atom stereocenters. The van der Waals surface area contributed by atoms with Crippen LogP contribution in [0.4, 0.5) is 0 Å². The summed E-state index contributed by atoms with van der Waals surface area (Å²) in [7, 11) is 0. The molecule has 2 saturated heterocycles. The van der Waals surface area contributed by atoms with E-state index >= 15 is 0 Å². The second kappa shape index (κ2) is 9.94. The number of carboxylic acids is 1. The Morgan fingerprint density at radius 3 is 2.64 bits per heavy atom. The molecule has 2 fully saturated rings. The minimum absolute atomic E-state index is 0.00906. The molecule has 2 aliphatic heterocycles. The highest BCUT2D eigenvalue weighted by Crippen LogP contribution is 2.29. The molecule has 2 heterocycles. The third-order valence-electron chi connectivity index (χ3n) is 5.63. The van der Waals surface area contributed by atoms with E-state index in [4.69, 9.17) is 5.11 Å². The Hall–Kier alpha value is -3.55. The monoisotopic (exact) mass is 463 g/mol. The van der Waals surface area contributed by atoms with E-state index in [2.05, 4.69) is 16.0 Å². The van der Waals surface area contributed by atoms with E-state index in [1.54, 1.807) is 0 Å². The molecule has 1 aromatic carbocycles. The van der Waals surface area contributed by atoms with Crippen molar-refractivity contribution in [3.05, 3.63) is 35.0 Å². The number of hydrogen-bond acceptors (Lipinski definition) is 8. The summed E-state index contributed by atoms with van der Waals surface area (Å²) in [6, 6.07) is 4.15. The fourth-order valence-corrected chi connectivity index (χ4v) is 3.92. The maximum absolute atomic E-state index is 13.9. The van der Waals surface area contributed by atoms with Gasteiger partial charge in [-0.05, 0) is 24.3 Å². The number of nitrogens with one attached hydrogen (secondary N) is 3. The summed E-state index contributed by atoms with van der Waals surface area (Å²) in [6.45, 7) is -0.553. The second-order valence-corrected chi connectivity index (χ2v) is 7.96. The van der Waals surface area contributed by atoms with E-state index < -0.39 is 59.5 Å². The van der Waals surface area contributed by atoms with Crippen molar-refractivity contribution < 1.29 is 38.9 Å². The second-order valence-electron chi connectivity index (χ2n) is 7.96. The highest BCUT2D eigenvalue weighted by atomic mass is 16.6. The number of benzene rings is 1. The molecule has 1 aromatic rings. The van der Waals surface area contributed by atoms with Crippen molar-refractivity contribution >= 4 is 30.0 Å². The van der Waals surface area contributed by atoms with E-state index in [0.717, 1.165) is 5.01 Å². The van der Waals surface area contributed by atoms with Gasteiger partial charge in [-0.3, -0.25) is 24.5 Å². The van der Waals surface area contributed by atoms with Crippen LogP contribution in [0.25, 0.3) is 0 Å². The van der Waals surface area contributed by atoms with Crippen LogP contribution >= 0.6 is 0 Å². The van der Waals surface area contributed by atoms with Crippen molar-refractivity contribution in [2.45, 2.75) is 31.5 Å². The average molecular weight is 463 g/mol. The molecule has 4 unspecified atom stereocenters. The highest BCUT2D eigenvalue weighted by Gasteiger charge is 2.48. The van der Waals surface area contributed by atoms with E-state index in [1.165, 1.54) is 24.3 Å². The van der Waals surface area contributed by atoms with Crippen LogP contribution in [-0.2, 0) is 19.2 Å². The summed E-state index contributed by atoms with van der Waals surface area (Å²) >= 11 is 0. The zero-order chi connectivity index (χ0) is 24.2. The molecule has 33 heavy (non-hydrogen) atoms. The topological polar surface area (TPSA) is 188 Å². The van der Waals surface area contributed by atoms with E-state index in [1.807, 2.05) is 0 Å². The van der Waals surface area contributed by atoms with Gasteiger partial charge in [0.2, 0.25) is 5.91 Å². The number of hydroxylamine groups is 2. The molecule has 0 radical (unpaired) electrons. The maximum atomic E-state index is 13.9. The number of aldehydes is 1. The summed E-state index contributed by atoms with van der Waals surface area (Å²) in [5, 5.41) is 41.0. The van der Waals surface area contributed by atoms with Gasteiger partial charge in [-0.1, -0.05) is 0 Å². The predicted octanol–water partition coefficient (Wildman–Crippen LogP) is -1.36. The van der Waals surface area contributed by atoms with Crippen molar-refractivity contribution in [3.63, 3.8) is 0 Å². The van der Waals surface area contributed by atoms with Crippen LogP contribution in [0.2, 0.25) is 0 Å². The largest absolute Gasteiger partial charge is 0.604 e. The van der Waals surface area contributed by atoms with Gasteiger partial charge in [-0.15, -0.1) is 0 Å². The number of carboxylic acid groups (broad SMARTS) is 1. The Morgan fingerprint density at radius 1 is 1.30 bits per heavy atom. The number of quaternary nitrogens is 1. The molecule has 5 N–H and O–H groups in total. The fraction of sp³-hybridized carbons (Fsp3) is 0.450. The molecule has 2 aliphatic rings. The van der Waals surface area contributed by atoms with Crippen LogP contribution in [0.15, 0.2) is 24.3 Å². The van der Waals surface area contributed by atoms with E-state index in [-0.39, 0.29) is 37.4 Å². The Morgan fingerprint density at radius 2 is 2.00 bits per heavy atom. The molecular weight excluding hydrogens is 438 g/mol. The number of hydrogen-bond donors (Lipinski definition) is 5. The zero-order valence-electron chi connectivity index (χ0n) is 17.6. The van der Waals surface area contributed by atoms with Crippen molar-refractivity contribution in [2.75, 3.05) is 19.8 Å². The minimum atomic E-state index is -1.31. The van der Waals surface area contributed by atoms with Crippen molar-refractivity contribution in [2.24, 2.45) is 5.92 Å². The first kappa shape index (κ1) is 24.1. The SMILES string of the molecule is O=CC(CC(=O)O)NC(=O)C1CNCN2C(=O)CCC(NC(=O)c3ccc(O)cc3)[N+]2([O-])C1. The molecular formula is C20H25N5O8. The maximum Gasteiger partial charge on any atom is 0.305 e. The van der Waals surface area contributed by atoms with Gasteiger partial charge in [0.15, 0.2) is 6.17 Å². The van der Waals surface area contributed by atoms with Gasteiger partial charge >= 0.3 is 5.97 Å². The summed E-state index contributed by atoms with van der Waals surface area (Å²) in [6.07, 6.45) is -1.31. The van der Waals surface area contributed by atoms with E-state index in [9.17, 15) is 34.3 Å². The molecule has 13 nitrogen and oxygen atoms in total. The smallest absolute Gasteiger partial charge is 0.305 e. The van der Waals surface area contributed by atoms with Crippen LogP contribution in [0.3, 0.4) is 0 Å². The number of carbonyl (C=O) groups excluding carboxylic acids is 4.